The lowest BCUT2D eigenvalue weighted by atomic mass is 9.82. The summed E-state index contributed by atoms with van der Waals surface area (Å²) in [5.41, 5.74) is 6.17. The van der Waals surface area contributed by atoms with Crippen LogP contribution in [0.2, 0.25) is 0 Å². The van der Waals surface area contributed by atoms with Gasteiger partial charge in [-0.25, -0.2) is 0 Å². The first-order chi connectivity index (χ1) is 7.16. The van der Waals surface area contributed by atoms with Crippen molar-refractivity contribution in [2.75, 3.05) is 12.3 Å². The zero-order valence-corrected chi connectivity index (χ0v) is 8.23. The van der Waals surface area contributed by atoms with Gasteiger partial charge >= 0.3 is 0 Å². The van der Waals surface area contributed by atoms with E-state index in [9.17, 15) is 4.79 Å². The van der Waals surface area contributed by atoms with Crippen molar-refractivity contribution in [1.29, 1.82) is 0 Å². The van der Waals surface area contributed by atoms with Crippen molar-refractivity contribution in [3.63, 3.8) is 0 Å². The number of aliphatic hydroxyl groups is 1. The molecule has 82 valence electrons. The van der Waals surface area contributed by atoms with E-state index >= 15 is 0 Å². The van der Waals surface area contributed by atoms with E-state index in [-0.39, 0.29) is 12.0 Å². The fourth-order valence-electron chi connectivity index (χ4n) is 1.67. The first-order valence-corrected chi connectivity index (χ1v) is 4.92. The number of hydrogen-bond donors (Lipinski definition) is 4. The lowest BCUT2D eigenvalue weighted by Gasteiger charge is -2.31. The lowest BCUT2D eigenvalue weighted by molar-refractivity contribution is 0.0420. The molecule has 1 heterocycles. The Bertz CT molecular complexity index is 357. The number of carbonyl (C=O) groups excluding carboxylic acids is 1. The van der Waals surface area contributed by atoms with Crippen LogP contribution in [0.25, 0.3) is 0 Å². The molecule has 1 fully saturated rings. The van der Waals surface area contributed by atoms with Crippen molar-refractivity contribution in [2.45, 2.75) is 18.9 Å². The van der Waals surface area contributed by atoms with Gasteiger partial charge < -0.3 is 16.2 Å². The molecule has 0 saturated heterocycles. The number of H-pyrrole nitrogens is 1. The summed E-state index contributed by atoms with van der Waals surface area (Å²) < 4.78 is 0. The third kappa shape index (κ3) is 2.10. The smallest absolute Gasteiger partial charge is 0.271 e. The van der Waals surface area contributed by atoms with Crippen molar-refractivity contribution >= 4 is 11.6 Å². The molecule has 1 amide bonds. The fraction of sp³-hybridized carbons (Fsp3) is 0.556. The Balaban J connectivity index is 1.80. The minimum absolute atomic E-state index is 0.191. The SMILES string of the molecule is Nc1cn[nH]c1C(=O)NCC1CC(O)C1. The Hall–Kier alpha value is -1.56. The number of rotatable bonds is 3. The molecule has 0 bridgehead atoms. The Labute approximate surface area is 86.9 Å². The normalized spacial score (nSPS) is 24.6. The second-order valence-electron chi connectivity index (χ2n) is 3.90. The van der Waals surface area contributed by atoms with Crippen LogP contribution in [0.4, 0.5) is 5.69 Å². The van der Waals surface area contributed by atoms with Crippen LogP contribution >= 0.6 is 0 Å². The van der Waals surface area contributed by atoms with Crippen LogP contribution in [0.1, 0.15) is 23.3 Å². The number of nitrogens with two attached hydrogens (primary N) is 1. The van der Waals surface area contributed by atoms with E-state index in [1.165, 1.54) is 6.20 Å². The average molecular weight is 210 g/mol. The van der Waals surface area contributed by atoms with Crippen LogP contribution in [0.5, 0.6) is 0 Å². The Morgan fingerprint density at radius 1 is 1.73 bits per heavy atom. The highest BCUT2D eigenvalue weighted by Gasteiger charge is 2.27. The van der Waals surface area contributed by atoms with Gasteiger partial charge in [0.25, 0.3) is 5.91 Å². The van der Waals surface area contributed by atoms with Gasteiger partial charge in [-0.3, -0.25) is 9.89 Å². The molecule has 0 aromatic carbocycles. The molecule has 5 N–H and O–H groups in total. The molecule has 0 spiro atoms. The molecule has 0 aliphatic heterocycles. The molecule has 1 aromatic rings. The number of aliphatic hydroxyl groups excluding tert-OH is 1. The summed E-state index contributed by atoms with van der Waals surface area (Å²) in [5, 5.41) is 18.0. The number of aromatic amines is 1. The molecule has 1 aliphatic rings. The second kappa shape index (κ2) is 3.90. The van der Waals surface area contributed by atoms with Gasteiger partial charge in [0.2, 0.25) is 0 Å². The Morgan fingerprint density at radius 2 is 2.47 bits per heavy atom. The van der Waals surface area contributed by atoms with Crippen LogP contribution in [0, 0.1) is 5.92 Å². The summed E-state index contributed by atoms with van der Waals surface area (Å²) in [7, 11) is 0. The average Bonchev–Trinajstić information content (AvgIpc) is 2.57. The lowest BCUT2D eigenvalue weighted by Crippen LogP contribution is -2.38. The topological polar surface area (TPSA) is 104 Å². The maximum absolute atomic E-state index is 11.5. The van der Waals surface area contributed by atoms with E-state index in [0.717, 1.165) is 12.8 Å². The van der Waals surface area contributed by atoms with E-state index in [1.54, 1.807) is 0 Å². The van der Waals surface area contributed by atoms with Crippen LogP contribution in [-0.2, 0) is 0 Å². The number of amides is 1. The van der Waals surface area contributed by atoms with Gasteiger partial charge in [0.1, 0.15) is 5.69 Å². The molecule has 6 heteroatoms. The van der Waals surface area contributed by atoms with Crippen molar-refractivity contribution in [2.24, 2.45) is 5.92 Å². The zero-order valence-electron chi connectivity index (χ0n) is 8.23. The van der Waals surface area contributed by atoms with Crippen molar-refractivity contribution in [3.8, 4) is 0 Å². The van der Waals surface area contributed by atoms with Gasteiger partial charge in [-0.15, -0.1) is 0 Å². The predicted molar refractivity (Wildman–Crippen MR) is 54.1 cm³/mol. The molecular weight excluding hydrogens is 196 g/mol. The summed E-state index contributed by atoms with van der Waals surface area (Å²) >= 11 is 0. The summed E-state index contributed by atoms with van der Waals surface area (Å²) in [6, 6.07) is 0. The molecule has 1 aliphatic carbocycles. The molecule has 1 aromatic heterocycles. The highest BCUT2D eigenvalue weighted by Crippen LogP contribution is 2.26. The number of anilines is 1. The van der Waals surface area contributed by atoms with E-state index in [2.05, 4.69) is 15.5 Å². The Kier molecular flexibility index (Phi) is 2.59. The molecule has 0 radical (unpaired) electrons. The number of nitrogens with zero attached hydrogens (tertiary/aromatic N) is 1. The van der Waals surface area contributed by atoms with Gasteiger partial charge in [0, 0.05) is 6.54 Å². The highest BCUT2D eigenvalue weighted by molar-refractivity contribution is 5.96. The maximum atomic E-state index is 11.5. The van der Waals surface area contributed by atoms with Gasteiger partial charge in [0.05, 0.1) is 18.0 Å². The third-order valence-electron chi connectivity index (χ3n) is 2.66. The third-order valence-corrected chi connectivity index (χ3v) is 2.66. The van der Waals surface area contributed by atoms with Crippen LogP contribution in [-0.4, -0.2) is 33.9 Å². The second-order valence-corrected chi connectivity index (χ2v) is 3.90. The van der Waals surface area contributed by atoms with Gasteiger partial charge in [0.15, 0.2) is 0 Å². The van der Waals surface area contributed by atoms with Crippen molar-refractivity contribution < 1.29 is 9.90 Å². The summed E-state index contributed by atoms with van der Waals surface area (Å²) in [4.78, 5) is 11.5. The molecular formula is C9H14N4O2. The molecule has 6 nitrogen and oxygen atoms in total. The van der Waals surface area contributed by atoms with Crippen LogP contribution < -0.4 is 11.1 Å². The Morgan fingerprint density at radius 3 is 3.00 bits per heavy atom. The van der Waals surface area contributed by atoms with Gasteiger partial charge in [-0.05, 0) is 18.8 Å². The quantitative estimate of drug-likeness (QED) is 0.539. The number of nitrogen functional groups attached to an aromatic ring is 1. The maximum Gasteiger partial charge on any atom is 0.271 e. The molecule has 1 saturated carbocycles. The molecule has 2 rings (SSSR count). The van der Waals surface area contributed by atoms with Crippen LogP contribution in [0.3, 0.4) is 0 Å². The van der Waals surface area contributed by atoms with Crippen LogP contribution in [0.15, 0.2) is 6.20 Å². The number of aromatic nitrogens is 2. The largest absolute Gasteiger partial charge is 0.396 e. The van der Waals surface area contributed by atoms with Crippen molar-refractivity contribution in [1.82, 2.24) is 15.5 Å². The molecule has 15 heavy (non-hydrogen) atoms. The van der Waals surface area contributed by atoms with Gasteiger partial charge in [-0.2, -0.15) is 5.10 Å². The minimum Gasteiger partial charge on any atom is -0.396 e. The van der Waals surface area contributed by atoms with Crippen molar-refractivity contribution in [3.05, 3.63) is 11.9 Å². The number of carbonyl (C=O) groups is 1. The number of hydrogen-bond acceptors (Lipinski definition) is 4. The zero-order chi connectivity index (χ0) is 10.8. The first kappa shape index (κ1) is 9.97. The predicted octanol–water partition coefficient (Wildman–Crippen LogP) is -0.507. The summed E-state index contributed by atoms with van der Waals surface area (Å²) in [6.07, 6.45) is 2.74. The fourth-order valence-corrected chi connectivity index (χ4v) is 1.67. The van der Waals surface area contributed by atoms with E-state index in [0.29, 0.717) is 23.8 Å². The molecule has 0 unspecified atom stereocenters. The molecule has 0 atom stereocenters. The number of nitrogens with one attached hydrogen (secondary N) is 2. The van der Waals surface area contributed by atoms with E-state index < -0.39 is 0 Å². The van der Waals surface area contributed by atoms with E-state index in [4.69, 9.17) is 10.8 Å². The van der Waals surface area contributed by atoms with E-state index in [1.807, 2.05) is 0 Å². The minimum atomic E-state index is -0.244. The standard InChI is InChI=1S/C9H14N4O2/c10-7-4-12-13-8(7)9(15)11-3-5-1-6(14)2-5/h4-6,14H,1-3,10H2,(H,11,15)(H,12,13). The summed E-state index contributed by atoms with van der Waals surface area (Å²) in [6.45, 7) is 0.578. The highest BCUT2D eigenvalue weighted by atomic mass is 16.3. The summed E-state index contributed by atoms with van der Waals surface area (Å²) in [5.74, 6) is 0.138. The first-order valence-electron chi connectivity index (χ1n) is 4.92. The monoisotopic (exact) mass is 210 g/mol. The van der Waals surface area contributed by atoms with Gasteiger partial charge in [-0.1, -0.05) is 0 Å².